The molecule has 1 saturated carbocycles. The van der Waals surface area contributed by atoms with Crippen molar-refractivity contribution in [2.24, 2.45) is 11.3 Å². The predicted octanol–water partition coefficient (Wildman–Crippen LogP) is 2.87. The van der Waals surface area contributed by atoms with Crippen LogP contribution in [0.1, 0.15) is 37.3 Å². The average molecular weight is 380 g/mol. The lowest BCUT2D eigenvalue weighted by Crippen LogP contribution is -2.47. The summed E-state index contributed by atoms with van der Waals surface area (Å²) in [6.45, 7) is 3.30. The SMILES string of the molecule is C[C@H]1CCN1c1nc(N2CCC3(CC3C(=O)O)C2)cc(C(F)(F)F)c1C#N. The van der Waals surface area contributed by atoms with Crippen LogP contribution in [0.3, 0.4) is 0 Å². The van der Waals surface area contributed by atoms with Crippen molar-refractivity contribution in [3.05, 3.63) is 17.2 Å². The minimum atomic E-state index is -4.66. The molecule has 3 atom stereocenters. The fourth-order valence-corrected chi connectivity index (χ4v) is 4.29. The van der Waals surface area contributed by atoms with E-state index >= 15 is 0 Å². The number of alkyl halides is 3. The van der Waals surface area contributed by atoms with Crippen molar-refractivity contribution in [1.82, 2.24) is 4.98 Å². The third-order valence-corrected chi connectivity index (χ3v) is 6.19. The zero-order chi connectivity index (χ0) is 19.6. The Morgan fingerprint density at radius 3 is 2.67 bits per heavy atom. The Kier molecular flexibility index (Phi) is 3.81. The molecule has 1 spiro atoms. The Balaban J connectivity index is 1.73. The molecule has 1 N–H and O–H groups in total. The number of nitrogens with zero attached hydrogens (tertiary/aromatic N) is 4. The third kappa shape index (κ3) is 2.78. The highest BCUT2D eigenvalue weighted by atomic mass is 19.4. The maximum Gasteiger partial charge on any atom is 0.417 e. The molecule has 0 radical (unpaired) electrons. The molecule has 2 unspecified atom stereocenters. The maximum atomic E-state index is 13.6. The van der Waals surface area contributed by atoms with E-state index in [0.717, 1.165) is 12.5 Å². The summed E-state index contributed by atoms with van der Waals surface area (Å²) in [6, 6.07) is 2.66. The van der Waals surface area contributed by atoms with Crippen LogP contribution in [0.2, 0.25) is 0 Å². The second-order valence-corrected chi connectivity index (χ2v) is 7.80. The molecule has 2 saturated heterocycles. The summed E-state index contributed by atoms with van der Waals surface area (Å²) < 4.78 is 40.8. The van der Waals surface area contributed by atoms with Crippen molar-refractivity contribution >= 4 is 17.6 Å². The molecule has 1 aromatic rings. The van der Waals surface area contributed by atoms with Crippen LogP contribution >= 0.6 is 0 Å². The van der Waals surface area contributed by atoms with Crippen molar-refractivity contribution in [2.45, 2.75) is 38.4 Å². The number of carboxylic acids is 1. The molecule has 144 valence electrons. The normalized spacial score (nSPS) is 29.6. The van der Waals surface area contributed by atoms with E-state index in [0.29, 0.717) is 32.5 Å². The van der Waals surface area contributed by atoms with Crippen LogP contribution in [-0.4, -0.2) is 41.7 Å². The van der Waals surface area contributed by atoms with Gasteiger partial charge in [0.25, 0.3) is 0 Å². The fourth-order valence-electron chi connectivity index (χ4n) is 4.29. The molecule has 2 aliphatic heterocycles. The molecular formula is C18H19F3N4O2. The second-order valence-electron chi connectivity index (χ2n) is 7.80. The number of hydrogen-bond acceptors (Lipinski definition) is 5. The van der Waals surface area contributed by atoms with Crippen molar-refractivity contribution in [2.75, 3.05) is 29.4 Å². The van der Waals surface area contributed by atoms with Gasteiger partial charge in [-0.3, -0.25) is 4.79 Å². The summed E-state index contributed by atoms with van der Waals surface area (Å²) >= 11 is 0. The molecular weight excluding hydrogens is 361 g/mol. The van der Waals surface area contributed by atoms with Gasteiger partial charge in [0.15, 0.2) is 0 Å². The van der Waals surface area contributed by atoms with Crippen LogP contribution in [0.4, 0.5) is 24.8 Å². The molecule has 0 aromatic carbocycles. The standard InChI is InChI=1S/C18H19F3N4O2/c1-10-2-4-25(10)15-11(8-22)12(18(19,20)21)6-14(23-15)24-5-3-17(9-24)7-13(17)16(26)27/h6,10,13H,2-5,7,9H2,1H3,(H,26,27)/t10-,13?,17?/m0/s1. The summed E-state index contributed by atoms with van der Waals surface area (Å²) in [7, 11) is 0. The average Bonchev–Trinajstić information content (AvgIpc) is 3.13. The van der Waals surface area contributed by atoms with Crippen molar-refractivity contribution < 1.29 is 23.1 Å². The number of halogens is 3. The van der Waals surface area contributed by atoms with Crippen LogP contribution in [0.15, 0.2) is 6.07 Å². The topological polar surface area (TPSA) is 80.5 Å². The first-order chi connectivity index (χ1) is 12.7. The number of hydrogen-bond donors (Lipinski definition) is 1. The third-order valence-electron chi connectivity index (χ3n) is 6.19. The van der Waals surface area contributed by atoms with Gasteiger partial charge >= 0.3 is 12.1 Å². The van der Waals surface area contributed by atoms with Gasteiger partial charge in [-0.2, -0.15) is 18.4 Å². The Bertz CT molecular complexity index is 850. The molecule has 27 heavy (non-hydrogen) atoms. The lowest BCUT2D eigenvalue weighted by molar-refractivity contribution is -0.139. The highest BCUT2D eigenvalue weighted by Crippen LogP contribution is 2.59. The monoisotopic (exact) mass is 380 g/mol. The molecule has 3 aliphatic rings. The van der Waals surface area contributed by atoms with E-state index in [2.05, 4.69) is 4.98 Å². The highest BCUT2D eigenvalue weighted by molar-refractivity contribution is 5.75. The smallest absolute Gasteiger partial charge is 0.417 e. The minimum absolute atomic E-state index is 0.0330. The number of carboxylic acid groups (broad SMARTS) is 1. The van der Waals surface area contributed by atoms with Crippen LogP contribution < -0.4 is 9.80 Å². The molecule has 3 fully saturated rings. The van der Waals surface area contributed by atoms with Crippen molar-refractivity contribution in [1.29, 1.82) is 5.26 Å². The number of rotatable bonds is 3. The van der Waals surface area contributed by atoms with Gasteiger partial charge in [-0.25, -0.2) is 4.98 Å². The van der Waals surface area contributed by atoms with Gasteiger partial charge in [0.2, 0.25) is 0 Å². The Hall–Kier alpha value is -2.50. The molecule has 0 amide bonds. The number of nitriles is 1. The van der Waals surface area contributed by atoms with Gasteiger partial charge < -0.3 is 14.9 Å². The van der Waals surface area contributed by atoms with E-state index in [1.807, 2.05) is 6.92 Å². The van der Waals surface area contributed by atoms with Gasteiger partial charge in [-0.15, -0.1) is 0 Å². The van der Waals surface area contributed by atoms with Crippen LogP contribution in [0, 0.1) is 22.7 Å². The molecule has 1 aliphatic carbocycles. The first-order valence-electron chi connectivity index (χ1n) is 8.93. The number of anilines is 2. The number of aromatic nitrogens is 1. The summed E-state index contributed by atoms with van der Waals surface area (Å²) in [4.78, 5) is 19.1. The first kappa shape index (κ1) is 17.9. The first-order valence-corrected chi connectivity index (χ1v) is 8.93. The summed E-state index contributed by atoms with van der Waals surface area (Å²) in [5.41, 5.74) is -1.78. The number of carbonyl (C=O) groups is 1. The zero-order valence-corrected chi connectivity index (χ0v) is 14.8. The van der Waals surface area contributed by atoms with Crippen LogP contribution in [0.25, 0.3) is 0 Å². The Morgan fingerprint density at radius 2 is 2.19 bits per heavy atom. The fraction of sp³-hybridized carbons (Fsp3) is 0.611. The summed E-state index contributed by atoms with van der Waals surface area (Å²) in [6.07, 6.45) is -2.64. The van der Waals surface area contributed by atoms with E-state index in [9.17, 15) is 28.3 Å². The largest absolute Gasteiger partial charge is 0.481 e. The zero-order valence-electron chi connectivity index (χ0n) is 14.8. The molecule has 0 bridgehead atoms. The lowest BCUT2D eigenvalue weighted by atomic mass is 10.0. The molecule has 3 heterocycles. The van der Waals surface area contributed by atoms with Crippen LogP contribution in [0.5, 0.6) is 0 Å². The molecule has 6 nitrogen and oxygen atoms in total. The van der Waals surface area contributed by atoms with E-state index in [4.69, 9.17) is 0 Å². The lowest BCUT2D eigenvalue weighted by Gasteiger charge is -2.40. The molecule has 9 heteroatoms. The van der Waals surface area contributed by atoms with Crippen LogP contribution in [-0.2, 0) is 11.0 Å². The Morgan fingerprint density at radius 1 is 1.44 bits per heavy atom. The van der Waals surface area contributed by atoms with Gasteiger partial charge in [0, 0.05) is 31.1 Å². The minimum Gasteiger partial charge on any atom is -0.481 e. The van der Waals surface area contributed by atoms with Crippen molar-refractivity contribution in [3.8, 4) is 6.07 Å². The number of aliphatic carboxylic acids is 1. The number of pyridine rings is 1. The van der Waals surface area contributed by atoms with Gasteiger partial charge in [0.1, 0.15) is 23.3 Å². The summed E-state index contributed by atoms with van der Waals surface area (Å²) in [5, 5.41) is 18.6. The van der Waals surface area contributed by atoms with E-state index in [-0.39, 0.29) is 23.1 Å². The second kappa shape index (κ2) is 5.75. The van der Waals surface area contributed by atoms with Gasteiger partial charge in [-0.05, 0) is 32.3 Å². The summed E-state index contributed by atoms with van der Waals surface area (Å²) in [5.74, 6) is -1.04. The van der Waals surface area contributed by atoms with Gasteiger partial charge in [-0.1, -0.05) is 0 Å². The van der Waals surface area contributed by atoms with E-state index in [1.54, 1.807) is 15.9 Å². The highest BCUT2D eigenvalue weighted by Gasteiger charge is 2.61. The maximum absolute atomic E-state index is 13.6. The van der Waals surface area contributed by atoms with E-state index < -0.39 is 29.2 Å². The molecule has 1 aromatic heterocycles. The Labute approximate surface area is 154 Å². The predicted molar refractivity (Wildman–Crippen MR) is 90.4 cm³/mol. The van der Waals surface area contributed by atoms with E-state index in [1.165, 1.54) is 0 Å². The molecule has 4 rings (SSSR count). The van der Waals surface area contributed by atoms with Gasteiger partial charge in [0.05, 0.1) is 11.5 Å². The van der Waals surface area contributed by atoms with Crippen molar-refractivity contribution in [3.63, 3.8) is 0 Å². The quantitative estimate of drug-likeness (QED) is 0.869.